The second-order valence-corrected chi connectivity index (χ2v) is 18.8. The molecule has 64 heavy (non-hydrogen) atoms. The second-order valence-electron chi connectivity index (χ2n) is 17.4. The molecule has 0 saturated heterocycles. The third-order valence-electron chi connectivity index (χ3n) is 11.1. The molecule has 0 aliphatic heterocycles. The maximum Gasteiger partial charge on any atom is 0.472 e. The van der Waals surface area contributed by atoms with E-state index in [9.17, 15) is 14.3 Å². The molecule has 0 amide bonds. The largest absolute Gasteiger partial charge is 0.472 e. The summed E-state index contributed by atoms with van der Waals surface area (Å²) in [5.74, 6) is -0.347. The van der Waals surface area contributed by atoms with E-state index in [1.165, 1.54) is 141 Å². The smallest absolute Gasteiger partial charge is 0.457 e. The number of unbranched alkanes of at least 4 members (excludes halogenated alkanes) is 25. The van der Waals surface area contributed by atoms with E-state index in [2.05, 4.69) is 86.8 Å². The van der Waals surface area contributed by atoms with Crippen molar-refractivity contribution in [3.8, 4) is 0 Å². The molecule has 0 aliphatic carbocycles. The van der Waals surface area contributed by atoms with Gasteiger partial charge in [0.05, 0.1) is 19.8 Å². The van der Waals surface area contributed by atoms with Gasteiger partial charge in [0.2, 0.25) is 0 Å². The lowest BCUT2D eigenvalue weighted by Gasteiger charge is -2.20. The molecule has 3 N–H and O–H groups in total. The third kappa shape index (κ3) is 50.9. The molecule has 0 bridgehead atoms. The molecule has 0 aromatic carbocycles. The number of hydrogen-bond donors (Lipinski definition) is 2. The van der Waals surface area contributed by atoms with Crippen LogP contribution in [0.2, 0.25) is 0 Å². The summed E-state index contributed by atoms with van der Waals surface area (Å²) in [4.78, 5) is 22.6. The number of ether oxygens (including phenoxy) is 2. The predicted molar refractivity (Wildman–Crippen MR) is 275 cm³/mol. The maximum absolute atomic E-state index is 12.7. The summed E-state index contributed by atoms with van der Waals surface area (Å²) in [5.41, 5.74) is 5.39. The van der Waals surface area contributed by atoms with Gasteiger partial charge in [-0.3, -0.25) is 13.8 Å². The lowest BCUT2D eigenvalue weighted by atomic mass is 10.0. The minimum Gasteiger partial charge on any atom is -0.457 e. The van der Waals surface area contributed by atoms with Crippen LogP contribution in [-0.2, 0) is 27.9 Å². The fourth-order valence-corrected chi connectivity index (χ4v) is 8.08. The van der Waals surface area contributed by atoms with E-state index < -0.39 is 13.9 Å². The van der Waals surface area contributed by atoms with Crippen molar-refractivity contribution in [2.45, 2.75) is 238 Å². The molecule has 0 radical (unpaired) electrons. The molecule has 9 heteroatoms. The molecule has 0 aromatic rings. The summed E-state index contributed by atoms with van der Waals surface area (Å²) in [6, 6.07) is 0. The Morgan fingerprint density at radius 1 is 0.484 bits per heavy atom. The van der Waals surface area contributed by atoms with Gasteiger partial charge in [0, 0.05) is 19.6 Å². The fraction of sp³-hybridized carbons (Fsp3) is 0.764. The SMILES string of the molecule is CC/C=C\C/C=C\C/C=C\C/C=C\C/C=C\C/C=C\CCCOCC(COP(=O)(O)OCCN)OC(=O)CCCCCCCCCCCCCCCCCCCCCCCCCCC. The van der Waals surface area contributed by atoms with E-state index in [1.54, 1.807) is 0 Å². The van der Waals surface area contributed by atoms with Crippen molar-refractivity contribution in [2.75, 3.05) is 33.0 Å². The Balaban J connectivity index is 3.98. The van der Waals surface area contributed by atoms with Gasteiger partial charge in [0.15, 0.2) is 0 Å². The Labute approximate surface area is 395 Å². The Kier molecular flexibility index (Phi) is 50.2. The van der Waals surface area contributed by atoms with Crippen molar-refractivity contribution in [1.29, 1.82) is 0 Å². The summed E-state index contributed by atoms with van der Waals surface area (Å²) in [7, 11) is -4.30. The van der Waals surface area contributed by atoms with Crippen LogP contribution in [0.1, 0.15) is 232 Å². The van der Waals surface area contributed by atoms with Crippen molar-refractivity contribution in [3.63, 3.8) is 0 Å². The Bertz CT molecular complexity index is 1210. The molecule has 0 aromatic heterocycles. The second kappa shape index (κ2) is 51.9. The van der Waals surface area contributed by atoms with Gasteiger partial charge in [-0.1, -0.05) is 241 Å². The highest BCUT2D eigenvalue weighted by Gasteiger charge is 2.25. The van der Waals surface area contributed by atoms with Crippen molar-refractivity contribution in [1.82, 2.24) is 0 Å². The Morgan fingerprint density at radius 2 is 0.859 bits per heavy atom. The first-order chi connectivity index (χ1) is 31.4. The van der Waals surface area contributed by atoms with Gasteiger partial charge in [0.1, 0.15) is 6.10 Å². The highest BCUT2D eigenvalue weighted by atomic mass is 31.2. The van der Waals surface area contributed by atoms with Crippen LogP contribution in [0.5, 0.6) is 0 Å². The number of carbonyl (C=O) groups excluding carboxylic acids is 1. The standard InChI is InChI=1S/C55H100NO7P/c1-3-5-7-9-11-13-15-17-19-21-23-25-26-27-28-29-30-32-34-36-38-40-42-44-46-48-55(57)63-54(53-62-64(58,59)61-51-49-56)52-60-50-47-45-43-41-39-37-35-33-31-24-22-20-18-16-14-12-10-8-6-4-2/h6,8,12,14,18,20,24,31,35,37,41,43,54H,3-5,7,9-11,13,15-17,19,21-23,25-30,32-34,36,38-40,42,44-53,56H2,1-2H3,(H,58,59)/b8-6-,14-12-,20-18-,31-24-,37-35-,43-41-. The average Bonchev–Trinajstić information content (AvgIpc) is 3.29. The van der Waals surface area contributed by atoms with Crippen molar-refractivity contribution >= 4 is 13.8 Å². The van der Waals surface area contributed by atoms with Gasteiger partial charge in [0.25, 0.3) is 0 Å². The summed E-state index contributed by atoms with van der Waals surface area (Å²) in [5, 5.41) is 0. The topological polar surface area (TPSA) is 117 Å². The first-order valence-corrected chi connectivity index (χ1v) is 27.9. The van der Waals surface area contributed by atoms with Gasteiger partial charge >= 0.3 is 13.8 Å². The zero-order chi connectivity index (χ0) is 46.5. The van der Waals surface area contributed by atoms with Crippen LogP contribution in [0.4, 0.5) is 0 Å². The number of phosphoric ester groups is 1. The monoisotopic (exact) mass is 918 g/mol. The van der Waals surface area contributed by atoms with Crippen molar-refractivity contribution in [3.05, 3.63) is 72.9 Å². The van der Waals surface area contributed by atoms with Crippen LogP contribution in [0.3, 0.4) is 0 Å². The number of phosphoric acid groups is 1. The minimum absolute atomic E-state index is 0.0753. The zero-order valence-electron chi connectivity index (χ0n) is 41.5. The summed E-state index contributed by atoms with van der Waals surface area (Å²) in [6.07, 6.45) is 66.8. The van der Waals surface area contributed by atoms with Crippen LogP contribution in [0.15, 0.2) is 72.9 Å². The molecule has 0 rings (SSSR count). The van der Waals surface area contributed by atoms with E-state index in [4.69, 9.17) is 24.3 Å². The fourth-order valence-electron chi connectivity index (χ4n) is 7.31. The van der Waals surface area contributed by atoms with Crippen LogP contribution >= 0.6 is 7.82 Å². The number of carbonyl (C=O) groups is 1. The number of rotatable bonds is 50. The van der Waals surface area contributed by atoms with E-state index >= 15 is 0 Å². The molecule has 0 spiro atoms. The van der Waals surface area contributed by atoms with Crippen LogP contribution in [-0.4, -0.2) is 49.9 Å². The Morgan fingerprint density at radius 3 is 1.25 bits per heavy atom. The molecular formula is C55H100NO7P. The normalized spacial score (nSPS) is 13.9. The van der Waals surface area contributed by atoms with Gasteiger partial charge in [-0.25, -0.2) is 4.57 Å². The highest BCUT2D eigenvalue weighted by molar-refractivity contribution is 7.47. The third-order valence-corrected chi connectivity index (χ3v) is 12.1. The Hall–Kier alpha value is -2.06. The minimum atomic E-state index is -4.30. The van der Waals surface area contributed by atoms with E-state index in [0.717, 1.165) is 70.6 Å². The molecule has 0 heterocycles. The van der Waals surface area contributed by atoms with Gasteiger partial charge in [-0.05, 0) is 57.8 Å². The van der Waals surface area contributed by atoms with Gasteiger partial charge < -0.3 is 20.1 Å². The zero-order valence-corrected chi connectivity index (χ0v) is 42.4. The molecule has 2 atom stereocenters. The van der Waals surface area contributed by atoms with Gasteiger partial charge in [-0.15, -0.1) is 0 Å². The maximum atomic E-state index is 12.7. The number of hydrogen-bond acceptors (Lipinski definition) is 7. The van der Waals surface area contributed by atoms with E-state index in [0.29, 0.717) is 13.0 Å². The quantitative estimate of drug-likeness (QED) is 0.0268. The first-order valence-electron chi connectivity index (χ1n) is 26.4. The van der Waals surface area contributed by atoms with Crippen molar-refractivity contribution < 1.29 is 32.8 Å². The summed E-state index contributed by atoms with van der Waals surface area (Å²) >= 11 is 0. The van der Waals surface area contributed by atoms with Crippen molar-refractivity contribution in [2.24, 2.45) is 5.73 Å². The number of allylic oxidation sites excluding steroid dienone is 12. The lowest BCUT2D eigenvalue weighted by Crippen LogP contribution is -2.28. The number of nitrogens with two attached hydrogens (primary N) is 1. The average molecular weight is 918 g/mol. The first kappa shape index (κ1) is 61.9. The van der Waals surface area contributed by atoms with E-state index in [1.807, 2.05) is 0 Å². The molecule has 0 fully saturated rings. The molecule has 0 aliphatic rings. The van der Waals surface area contributed by atoms with Crippen LogP contribution < -0.4 is 5.73 Å². The summed E-state index contributed by atoms with van der Waals surface area (Å²) in [6.45, 7) is 4.67. The van der Waals surface area contributed by atoms with E-state index in [-0.39, 0.29) is 32.3 Å². The predicted octanol–water partition coefficient (Wildman–Crippen LogP) is 16.6. The molecule has 2 unspecified atom stereocenters. The van der Waals surface area contributed by atoms with Crippen LogP contribution in [0, 0.1) is 0 Å². The number of esters is 1. The molecule has 372 valence electrons. The molecule has 0 saturated carbocycles. The highest BCUT2D eigenvalue weighted by Crippen LogP contribution is 2.43. The van der Waals surface area contributed by atoms with Gasteiger partial charge in [-0.2, -0.15) is 0 Å². The molecule has 8 nitrogen and oxygen atoms in total. The summed E-state index contributed by atoms with van der Waals surface area (Å²) < 4.78 is 33.5. The molecular weight excluding hydrogens is 818 g/mol. The lowest BCUT2D eigenvalue weighted by molar-refractivity contribution is -0.154. The van der Waals surface area contributed by atoms with Crippen LogP contribution in [0.25, 0.3) is 0 Å².